The van der Waals surface area contributed by atoms with Crippen molar-refractivity contribution in [2.24, 2.45) is 0 Å². The number of carbonyl (C=O) groups excluding carboxylic acids is 1. The molecule has 0 aliphatic carbocycles. The highest BCUT2D eigenvalue weighted by Gasteiger charge is 2.11. The fourth-order valence-corrected chi connectivity index (χ4v) is 3.42. The van der Waals surface area contributed by atoms with Gasteiger partial charge in [0.15, 0.2) is 0 Å². The zero-order valence-corrected chi connectivity index (χ0v) is 14.9. The molecule has 1 aromatic carbocycles. The minimum Gasteiger partial charge on any atom is -0.360 e. The average molecular weight is 381 g/mol. The summed E-state index contributed by atoms with van der Waals surface area (Å²) in [5.74, 6) is 0.715. The van der Waals surface area contributed by atoms with E-state index in [1.165, 1.54) is 24.0 Å². The van der Waals surface area contributed by atoms with Crippen molar-refractivity contribution < 1.29 is 9.32 Å². The number of hydrogen-bond donors (Lipinski definition) is 3. The van der Waals surface area contributed by atoms with Crippen LogP contribution in [0.2, 0.25) is 0 Å². The van der Waals surface area contributed by atoms with Crippen molar-refractivity contribution in [2.45, 2.75) is 11.4 Å². The summed E-state index contributed by atoms with van der Waals surface area (Å²) in [6.07, 6.45) is 3.41. The molecule has 0 aliphatic rings. The lowest BCUT2D eigenvalue weighted by molar-refractivity contribution is -0.118. The predicted molar refractivity (Wildman–Crippen MR) is 101 cm³/mol. The van der Waals surface area contributed by atoms with Crippen molar-refractivity contribution in [1.82, 2.24) is 25.4 Å². The molecular formula is C18H15N5O3S. The van der Waals surface area contributed by atoms with Crippen LogP contribution in [-0.4, -0.2) is 31.8 Å². The van der Waals surface area contributed by atoms with Crippen LogP contribution in [0.15, 0.2) is 63.0 Å². The minimum absolute atomic E-state index is 0.128. The van der Waals surface area contributed by atoms with Crippen LogP contribution in [0.1, 0.15) is 5.89 Å². The number of aromatic amines is 2. The molecule has 9 heteroatoms. The van der Waals surface area contributed by atoms with Crippen LogP contribution in [0.3, 0.4) is 0 Å². The van der Waals surface area contributed by atoms with E-state index < -0.39 is 0 Å². The van der Waals surface area contributed by atoms with Crippen molar-refractivity contribution in [3.05, 3.63) is 65.0 Å². The molecule has 136 valence electrons. The lowest BCUT2D eigenvalue weighted by Crippen LogP contribution is -2.24. The number of nitrogens with one attached hydrogen (secondary N) is 3. The second-order valence-corrected chi connectivity index (χ2v) is 6.73. The summed E-state index contributed by atoms with van der Waals surface area (Å²) in [5.41, 5.74) is 1.34. The number of fused-ring (bicyclic) bond motifs is 1. The first-order chi connectivity index (χ1) is 13.2. The van der Waals surface area contributed by atoms with E-state index in [0.717, 1.165) is 15.8 Å². The van der Waals surface area contributed by atoms with Crippen LogP contribution in [0.4, 0.5) is 0 Å². The Labute approximate surface area is 157 Å². The first-order valence-corrected chi connectivity index (χ1v) is 9.15. The summed E-state index contributed by atoms with van der Waals surface area (Å²) in [6.45, 7) is 0.128. The van der Waals surface area contributed by atoms with Crippen molar-refractivity contribution >= 4 is 28.6 Å². The van der Waals surface area contributed by atoms with Crippen LogP contribution >= 0.6 is 11.8 Å². The van der Waals surface area contributed by atoms with Crippen molar-refractivity contribution in [3.8, 4) is 11.4 Å². The Morgan fingerprint density at radius 3 is 3.00 bits per heavy atom. The molecule has 0 saturated carbocycles. The number of hydrogen-bond acceptors (Lipinski definition) is 6. The minimum atomic E-state index is -0.249. The van der Waals surface area contributed by atoms with Gasteiger partial charge < -0.3 is 19.8 Å². The third-order valence-electron chi connectivity index (χ3n) is 3.85. The van der Waals surface area contributed by atoms with Gasteiger partial charge in [-0.15, -0.1) is 11.8 Å². The first-order valence-electron chi connectivity index (χ1n) is 8.16. The van der Waals surface area contributed by atoms with Gasteiger partial charge in [0, 0.05) is 39.8 Å². The fourth-order valence-electron chi connectivity index (χ4n) is 2.56. The van der Waals surface area contributed by atoms with E-state index in [0.29, 0.717) is 11.4 Å². The van der Waals surface area contributed by atoms with Gasteiger partial charge in [-0.05, 0) is 12.1 Å². The number of aromatic nitrogens is 4. The summed E-state index contributed by atoms with van der Waals surface area (Å²) in [5, 5.41) is 7.67. The Hall–Kier alpha value is -3.33. The molecule has 3 N–H and O–H groups in total. The molecule has 0 aliphatic heterocycles. The second-order valence-electron chi connectivity index (χ2n) is 5.72. The number of rotatable bonds is 6. The smallest absolute Gasteiger partial charge is 0.248 e. The summed E-state index contributed by atoms with van der Waals surface area (Å²) < 4.78 is 5.12. The van der Waals surface area contributed by atoms with Gasteiger partial charge >= 0.3 is 0 Å². The number of para-hydroxylation sites is 1. The molecule has 0 saturated heterocycles. The number of nitrogens with zero attached hydrogens (tertiary/aromatic N) is 2. The number of H-pyrrole nitrogens is 2. The lowest BCUT2D eigenvalue weighted by Gasteiger charge is -2.02. The molecule has 0 atom stereocenters. The number of carbonyl (C=O) groups is 1. The Bertz CT molecular complexity index is 1150. The fraction of sp³-hybridized carbons (Fsp3) is 0.111. The Morgan fingerprint density at radius 1 is 1.22 bits per heavy atom. The van der Waals surface area contributed by atoms with E-state index in [1.54, 1.807) is 6.07 Å². The van der Waals surface area contributed by atoms with E-state index in [2.05, 4.69) is 25.4 Å². The quantitative estimate of drug-likeness (QED) is 0.441. The van der Waals surface area contributed by atoms with Crippen LogP contribution < -0.4 is 10.9 Å². The lowest BCUT2D eigenvalue weighted by atomic mass is 10.2. The molecule has 4 aromatic rings. The van der Waals surface area contributed by atoms with Gasteiger partial charge in [-0.3, -0.25) is 9.59 Å². The molecule has 3 aromatic heterocycles. The summed E-state index contributed by atoms with van der Waals surface area (Å²) in [6, 6.07) is 11.0. The standard InChI is InChI=1S/C18H15N5O3S/c24-15-7-11(5-6-19-15)18-22-17(26-23-18)9-21-16(25)10-27-14-8-20-13-4-2-1-3-12(13)14/h1-8,20H,9-10H2,(H,19,24)(H,21,25). The van der Waals surface area contributed by atoms with Crippen molar-refractivity contribution in [3.63, 3.8) is 0 Å². The topological polar surface area (TPSA) is 117 Å². The van der Waals surface area contributed by atoms with E-state index in [4.69, 9.17) is 4.52 Å². The van der Waals surface area contributed by atoms with Crippen LogP contribution in [0.5, 0.6) is 0 Å². The molecule has 27 heavy (non-hydrogen) atoms. The Morgan fingerprint density at radius 2 is 2.11 bits per heavy atom. The van der Waals surface area contributed by atoms with Gasteiger partial charge in [0.05, 0.1) is 12.3 Å². The van der Waals surface area contributed by atoms with Gasteiger partial charge in [0.2, 0.25) is 23.2 Å². The van der Waals surface area contributed by atoms with E-state index in [9.17, 15) is 9.59 Å². The molecule has 0 unspecified atom stereocenters. The molecule has 4 rings (SSSR count). The molecule has 8 nitrogen and oxygen atoms in total. The number of benzene rings is 1. The monoisotopic (exact) mass is 381 g/mol. The maximum absolute atomic E-state index is 12.1. The maximum Gasteiger partial charge on any atom is 0.248 e. The Kier molecular flexibility index (Phi) is 4.75. The molecule has 0 fully saturated rings. The van der Waals surface area contributed by atoms with Crippen molar-refractivity contribution in [1.29, 1.82) is 0 Å². The maximum atomic E-state index is 12.1. The van der Waals surface area contributed by atoms with E-state index in [1.807, 2.05) is 30.5 Å². The highest BCUT2D eigenvalue weighted by molar-refractivity contribution is 8.00. The largest absolute Gasteiger partial charge is 0.360 e. The van der Waals surface area contributed by atoms with E-state index >= 15 is 0 Å². The zero-order chi connectivity index (χ0) is 18.6. The summed E-state index contributed by atoms with van der Waals surface area (Å²) in [7, 11) is 0. The molecule has 3 heterocycles. The van der Waals surface area contributed by atoms with Gasteiger partial charge in [-0.1, -0.05) is 23.4 Å². The molecule has 1 amide bonds. The highest BCUT2D eigenvalue weighted by atomic mass is 32.2. The third-order valence-corrected chi connectivity index (χ3v) is 4.90. The third kappa shape index (κ3) is 3.93. The molecular weight excluding hydrogens is 366 g/mol. The number of thioether (sulfide) groups is 1. The van der Waals surface area contributed by atoms with Crippen LogP contribution in [0.25, 0.3) is 22.3 Å². The highest BCUT2D eigenvalue weighted by Crippen LogP contribution is 2.27. The summed E-state index contributed by atoms with van der Waals surface area (Å²) in [4.78, 5) is 34.3. The average Bonchev–Trinajstić information content (AvgIpc) is 3.32. The molecule has 0 bridgehead atoms. The van der Waals surface area contributed by atoms with Gasteiger partial charge in [0.25, 0.3) is 0 Å². The van der Waals surface area contributed by atoms with E-state index in [-0.39, 0.29) is 29.7 Å². The normalized spacial score (nSPS) is 11.0. The zero-order valence-electron chi connectivity index (χ0n) is 14.1. The SMILES string of the molecule is O=C(CSc1c[nH]c2ccccc12)NCc1nc(-c2cc[nH]c(=O)c2)no1. The molecule has 0 spiro atoms. The first kappa shape index (κ1) is 17.1. The summed E-state index contributed by atoms with van der Waals surface area (Å²) >= 11 is 1.46. The van der Waals surface area contributed by atoms with Crippen molar-refractivity contribution in [2.75, 3.05) is 5.75 Å². The Balaban J connectivity index is 1.32. The predicted octanol–water partition coefficient (Wildman–Crippen LogP) is 2.31. The van der Waals surface area contributed by atoms with Gasteiger partial charge in [-0.2, -0.15) is 4.98 Å². The van der Waals surface area contributed by atoms with Crippen LogP contribution in [-0.2, 0) is 11.3 Å². The number of amides is 1. The van der Waals surface area contributed by atoms with Gasteiger partial charge in [-0.25, -0.2) is 0 Å². The second kappa shape index (κ2) is 7.50. The molecule has 0 radical (unpaired) electrons. The van der Waals surface area contributed by atoms with Gasteiger partial charge in [0.1, 0.15) is 0 Å². The van der Waals surface area contributed by atoms with Crippen LogP contribution in [0, 0.1) is 0 Å². The number of pyridine rings is 1.